The van der Waals surface area contributed by atoms with E-state index in [4.69, 9.17) is 6.11 Å². The number of hydrogen-bond acceptors (Lipinski definition) is 2. The van der Waals surface area contributed by atoms with Crippen LogP contribution in [-0.4, -0.2) is 11.7 Å². The molecule has 2 heteroatoms. The van der Waals surface area contributed by atoms with E-state index in [9.17, 15) is 5.11 Å². The lowest BCUT2D eigenvalue weighted by molar-refractivity contribution is 0.0902. The highest BCUT2D eigenvalue weighted by atomic mass is 16.5. The third-order valence-corrected chi connectivity index (χ3v) is 3.75. The van der Waals surface area contributed by atoms with E-state index in [1.807, 2.05) is 60.7 Å². The van der Waals surface area contributed by atoms with Crippen LogP contribution >= 0.6 is 0 Å². The van der Waals surface area contributed by atoms with Gasteiger partial charge < -0.3 is 9.84 Å². The van der Waals surface area contributed by atoms with Crippen LogP contribution in [0.5, 0.6) is 0 Å². The van der Waals surface area contributed by atoms with Crippen molar-refractivity contribution in [3.8, 4) is 0 Å². The van der Waals surface area contributed by atoms with Gasteiger partial charge in [0.15, 0.2) is 0 Å². The van der Waals surface area contributed by atoms with E-state index in [-0.39, 0.29) is 18.2 Å². The summed E-state index contributed by atoms with van der Waals surface area (Å²) in [4.78, 5) is 0. The van der Waals surface area contributed by atoms with Gasteiger partial charge in [0.05, 0.1) is 19.3 Å². The zero-order valence-corrected chi connectivity index (χ0v) is 11.4. The van der Waals surface area contributed by atoms with Gasteiger partial charge in [-0.05, 0) is 29.4 Å². The summed E-state index contributed by atoms with van der Waals surface area (Å²) in [7, 11) is 0. The fourth-order valence-corrected chi connectivity index (χ4v) is 2.49. The molecule has 2 aromatic rings. The summed E-state index contributed by atoms with van der Waals surface area (Å²) in [5, 5.41) is 10.3. The lowest BCUT2D eigenvalue weighted by atomic mass is 10.0. The Morgan fingerprint density at radius 3 is 2.45 bits per heavy atom. The SMILES string of the molecule is [2H][C@H]1[C@@H](COCc2ccccc2)[C@H]1[C@@H](O)c1ccccc1. The first-order valence-corrected chi connectivity index (χ1v) is 7.04. The molecular weight excluding hydrogens is 248 g/mol. The van der Waals surface area contributed by atoms with Crippen LogP contribution in [0.4, 0.5) is 0 Å². The lowest BCUT2D eigenvalue weighted by Crippen LogP contribution is -2.05. The lowest BCUT2D eigenvalue weighted by Gasteiger charge is -2.10. The minimum atomic E-state index is -0.556. The summed E-state index contributed by atoms with van der Waals surface area (Å²) in [5.41, 5.74) is 2.03. The molecule has 3 rings (SSSR count). The normalized spacial score (nSPS) is 26.9. The first-order valence-electron chi connectivity index (χ1n) is 7.62. The zero-order valence-electron chi connectivity index (χ0n) is 12.4. The van der Waals surface area contributed by atoms with Crippen molar-refractivity contribution in [1.29, 1.82) is 0 Å². The minimum Gasteiger partial charge on any atom is -0.388 e. The van der Waals surface area contributed by atoms with Gasteiger partial charge in [-0.25, -0.2) is 0 Å². The van der Waals surface area contributed by atoms with Crippen molar-refractivity contribution >= 4 is 0 Å². The number of rotatable bonds is 6. The highest BCUT2D eigenvalue weighted by molar-refractivity contribution is 5.20. The van der Waals surface area contributed by atoms with Crippen molar-refractivity contribution in [2.45, 2.75) is 19.1 Å². The summed E-state index contributed by atoms with van der Waals surface area (Å²) in [5.74, 6) is 0.118. The third-order valence-electron chi connectivity index (χ3n) is 3.75. The molecule has 1 aliphatic carbocycles. The highest BCUT2D eigenvalue weighted by Crippen LogP contribution is 2.47. The van der Waals surface area contributed by atoms with Crippen molar-refractivity contribution in [2.75, 3.05) is 6.61 Å². The van der Waals surface area contributed by atoms with Crippen LogP contribution in [0, 0.1) is 11.8 Å². The van der Waals surface area contributed by atoms with Crippen molar-refractivity contribution in [1.82, 2.24) is 0 Å². The van der Waals surface area contributed by atoms with E-state index in [0.29, 0.717) is 13.2 Å². The van der Waals surface area contributed by atoms with Crippen LogP contribution in [0.2, 0.25) is 0 Å². The Labute approximate surface area is 121 Å². The second-order valence-electron chi connectivity index (χ2n) is 5.29. The van der Waals surface area contributed by atoms with Gasteiger partial charge in [-0.1, -0.05) is 60.7 Å². The first-order chi connectivity index (χ1) is 10.3. The molecule has 104 valence electrons. The predicted octanol–water partition coefficient (Wildman–Crippen LogP) is 3.57. The van der Waals surface area contributed by atoms with Crippen LogP contribution in [0.25, 0.3) is 0 Å². The second-order valence-corrected chi connectivity index (χ2v) is 5.29. The molecule has 0 aromatic heterocycles. The molecule has 2 aromatic carbocycles. The summed E-state index contributed by atoms with van der Waals surface area (Å²) in [6.45, 7) is 1.11. The summed E-state index contributed by atoms with van der Waals surface area (Å²) < 4.78 is 13.7. The molecule has 0 heterocycles. The Balaban J connectivity index is 1.50. The highest BCUT2D eigenvalue weighted by Gasteiger charge is 2.42. The monoisotopic (exact) mass is 269 g/mol. The maximum absolute atomic E-state index is 10.3. The molecular formula is C18H20O2. The molecule has 2 nitrogen and oxygen atoms in total. The smallest absolute Gasteiger partial charge is 0.0821 e. The summed E-state index contributed by atoms with van der Waals surface area (Å²) >= 11 is 0. The van der Waals surface area contributed by atoms with E-state index >= 15 is 0 Å². The molecule has 0 amide bonds. The van der Waals surface area contributed by atoms with Crippen molar-refractivity contribution in [3.05, 3.63) is 71.8 Å². The second kappa shape index (κ2) is 6.21. The van der Waals surface area contributed by atoms with Crippen molar-refractivity contribution in [2.24, 2.45) is 11.8 Å². The standard InChI is InChI=1S/C18H20O2/c19-18(15-9-5-2-6-10-15)17-11-16(17)13-20-12-14-7-3-1-4-8-14/h1-10,16-19H,11-13H2/t16-,17-,18-/m0/s1/i11D/t11-,16-,17-,18-. The van der Waals surface area contributed by atoms with Crippen LogP contribution in [-0.2, 0) is 11.3 Å². The van der Waals surface area contributed by atoms with E-state index in [0.717, 1.165) is 11.1 Å². The maximum atomic E-state index is 10.3. The molecule has 4 atom stereocenters. The maximum Gasteiger partial charge on any atom is 0.0821 e. The van der Waals surface area contributed by atoms with E-state index < -0.39 is 6.10 Å². The first kappa shape index (κ1) is 12.1. The predicted molar refractivity (Wildman–Crippen MR) is 79.1 cm³/mol. The quantitative estimate of drug-likeness (QED) is 0.868. The number of hydrogen-bond donors (Lipinski definition) is 1. The molecule has 0 bridgehead atoms. The van der Waals surface area contributed by atoms with Gasteiger partial charge >= 0.3 is 0 Å². The van der Waals surface area contributed by atoms with Crippen LogP contribution < -0.4 is 0 Å². The van der Waals surface area contributed by atoms with Gasteiger partial charge in [-0.3, -0.25) is 0 Å². The average Bonchev–Trinajstić information content (AvgIpc) is 3.18. The van der Waals surface area contributed by atoms with Crippen LogP contribution in [0.1, 0.15) is 25.0 Å². The Kier molecular flexibility index (Phi) is 3.76. The van der Waals surface area contributed by atoms with E-state index in [1.54, 1.807) is 0 Å². The molecule has 1 saturated carbocycles. The molecule has 1 N–H and O–H groups in total. The van der Waals surface area contributed by atoms with Crippen LogP contribution in [0.15, 0.2) is 60.7 Å². The molecule has 0 radical (unpaired) electrons. The van der Waals surface area contributed by atoms with Gasteiger partial charge in [0, 0.05) is 1.37 Å². The van der Waals surface area contributed by atoms with Gasteiger partial charge in [0.25, 0.3) is 0 Å². The molecule has 1 fully saturated rings. The number of aliphatic hydroxyl groups is 1. The minimum absolute atomic E-state index is 0.0110. The average molecular weight is 269 g/mol. The fourth-order valence-electron chi connectivity index (χ4n) is 2.49. The number of aliphatic hydroxyl groups excluding tert-OH is 1. The zero-order chi connectivity index (χ0) is 14.7. The Hall–Kier alpha value is -1.64. The topological polar surface area (TPSA) is 29.5 Å². The Morgan fingerprint density at radius 2 is 1.75 bits per heavy atom. The van der Waals surface area contributed by atoms with E-state index in [1.165, 1.54) is 0 Å². The van der Waals surface area contributed by atoms with Gasteiger partial charge in [0.2, 0.25) is 0 Å². The van der Waals surface area contributed by atoms with Gasteiger partial charge in [0.1, 0.15) is 0 Å². The van der Waals surface area contributed by atoms with Crippen molar-refractivity contribution < 1.29 is 11.2 Å². The molecule has 0 aliphatic heterocycles. The molecule has 0 unspecified atom stereocenters. The Bertz CT molecular complexity index is 558. The summed E-state index contributed by atoms with van der Waals surface area (Å²) in [6.07, 6.45) is -0.782. The molecule has 0 spiro atoms. The van der Waals surface area contributed by atoms with E-state index in [2.05, 4.69) is 0 Å². The number of ether oxygens (including phenoxy) is 1. The molecule has 0 saturated heterocycles. The largest absolute Gasteiger partial charge is 0.388 e. The molecule has 1 aliphatic rings. The van der Waals surface area contributed by atoms with Crippen LogP contribution in [0.3, 0.4) is 0 Å². The number of benzene rings is 2. The third kappa shape index (κ3) is 3.27. The van der Waals surface area contributed by atoms with Gasteiger partial charge in [-0.15, -0.1) is 0 Å². The fraction of sp³-hybridized carbons (Fsp3) is 0.333. The Morgan fingerprint density at radius 1 is 1.10 bits per heavy atom. The van der Waals surface area contributed by atoms with Crippen molar-refractivity contribution in [3.63, 3.8) is 0 Å². The summed E-state index contributed by atoms with van der Waals surface area (Å²) in [6, 6.07) is 19.6. The molecule has 20 heavy (non-hydrogen) atoms. The van der Waals surface area contributed by atoms with Gasteiger partial charge in [-0.2, -0.15) is 0 Å².